The zero-order valence-electron chi connectivity index (χ0n) is 18.1. The fraction of sp³-hybridized carbons (Fsp3) is 0.417. The molecular weight excluding hydrogens is 435 g/mol. The summed E-state index contributed by atoms with van der Waals surface area (Å²) in [7, 11) is 0. The average molecular weight is 465 g/mol. The lowest BCUT2D eigenvalue weighted by Crippen LogP contribution is -2.49. The van der Waals surface area contributed by atoms with Crippen LogP contribution >= 0.6 is 23.2 Å². The monoisotopic (exact) mass is 464 g/mol. The third kappa shape index (κ3) is 8.08. The van der Waals surface area contributed by atoms with Gasteiger partial charge in [0.15, 0.2) is 0 Å². The number of hydrogen-bond donors (Lipinski definition) is 1. The van der Waals surface area contributed by atoms with Crippen LogP contribution in [-0.2, 0) is 16.1 Å². The molecule has 168 valence electrons. The number of rotatable bonds is 12. The molecule has 0 aliphatic rings. The van der Waals surface area contributed by atoms with Gasteiger partial charge in [0.05, 0.1) is 16.7 Å². The van der Waals surface area contributed by atoms with Gasteiger partial charge in [-0.25, -0.2) is 0 Å². The number of nitrogens with one attached hydrogen (secondary N) is 1. The molecule has 7 heteroatoms. The minimum Gasteiger partial charge on any atom is -0.494 e. The van der Waals surface area contributed by atoms with Crippen molar-refractivity contribution in [3.05, 3.63) is 64.1 Å². The van der Waals surface area contributed by atoms with E-state index in [0.29, 0.717) is 36.0 Å². The van der Waals surface area contributed by atoms with Gasteiger partial charge < -0.3 is 15.0 Å². The molecule has 0 heterocycles. The molecule has 2 aromatic rings. The molecule has 0 unspecified atom stereocenters. The van der Waals surface area contributed by atoms with Crippen LogP contribution in [0.25, 0.3) is 0 Å². The van der Waals surface area contributed by atoms with E-state index in [1.54, 1.807) is 17.0 Å². The van der Waals surface area contributed by atoms with Crippen LogP contribution in [0.4, 0.5) is 0 Å². The SMILES string of the molecule is CCCNC(=O)[C@@H](CC)N(Cc1ccc(Cl)c(Cl)c1)C(=O)CCCOc1ccccc1. The number of carbonyl (C=O) groups excluding carboxylic acids is 2. The average Bonchev–Trinajstić information content (AvgIpc) is 2.78. The maximum Gasteiger partial charge on any atom is 0.242 e. The van der Waals surface area contributed by atoms with E-state index in [9.17, 15) is 9.59 Å². The molecule has 5 nitrogen and oxygen atoms in total. The van der Waals surface area contributed by atoms with Crippen LogP contribution in [-0.4, -0.2) is 35.9 Å². The van der Waals surface area contributed by atoms with Crippen LogP contribution in [0.15, 0.2) is 48.5 Å². The van der Waals surface area contributed by atoms with E-state index in [1.165, 1.54) is 0 Å². The zero-order valence-corrected chi connectivity index (χ0v) is 19.6. The first-order chi connectivity index (χ1) is 15.0. The van der Waals surface area contributed by atoms with Crippen LogP contribution in [0.1, 0.15) is 45.1 Å². The number of ether oxygens (including phenoxy) is 1. The number of carbonyl (C=O) groups is 2. The van der Waals surface area contributed by atoms with Gasteiger partial charge in [-0.2, -0.15) is 0 Å². The minimum atomic E-state index is -0.552. The van der Waals surface area contributed by atoms with Crippen molar-refractivity contribution < 1.29 is 14.3 Å². The number of nitrogens with zero attached hydrogens (tertiary/aromatic N) is 1. The normalized spacial score (nSPS) is 11.6. The van der Waals surface area contributed by atoms with Crippen molar-refractivity contribution in [2.75, 3.05) is 13.2 Å². The summed E-state index contributed by atoms with van der Waals surface area (Å²) in [6, 6.07) is 14.2. The highest BCUT2D eigenvalue weighted by atomic mass is 35.5. The highest BCUT2D eigenvalue weighted by molar-refractivity contribution is 6.42. The predicted octanol–water partition coefficient (Wildman–Crippen LogP) is 5.49. The fourth-order valence-corrected chi connectivity index (χ4v) is 3.51. The van der Waals surface area contributed by atoms with Gasteiger partial charge in [-0.15, -0.1) is 0 Å². The van der Waals surface area contributed by atoms with E-state index in [4.69, 9.17) is 27.9 Å². The Labute approximate surface area is 194 Å². The van der Waals surface area contributed by atoms with Crippen LogP contribution in [0, 0.1) is 0 Å². The molecule has 0 aliphatic carbocycles. The Hall–Kier alpha value is -2.24. The molecule has 1 atom stereocenters. The van der Waals surface area contributed by atoms with E-state index in [2.05, 4.69) is 5.32 Å². The summed E-state index contributed by atoms with van der Waals surface area (Å²) in [5, 5.41) is 3.78. The first-order valence-corrected chi connectivity index (χ1v) is 11.4. The van der Waals surface area contributed by atoms with Crippen molar-refractivity contribution >= 4 is 35.0 Å². The standard InChI is InChI=1S/C24H30Cl2N2O3/c1-3-14-27-24(30)22(4-2)28(17-18-12-13-20(25)21(26)16-18)23(29)11-8-15-31-19-9-6-5-7-10-19/h5-7,9-10,12-13,16,22H,3-4,8,11,14-15,17H2,1-2H3,(H,27,30)/t22-/m1/s1. The number of halogens is 2. The number of benzene rings is 2. The Bertz CT molecular complexity index is 846. The molecule has 2 amide bonds. The van der Waals surface area contributed by atoms with Crippen molar-refractivity contribution in [2.24, 2.45) is 0 Å². The molecule has 0 saturated carbocycles. The summed E-state index contributed by atoms with van der Waals surface area (Å²) in [6.45, 7) is 5.19. The summed E-state index contributed by atoms with van der Waals surface area (Å²) in [5.74, 6) is 0.535. The lowest BCUT2D eigenvalue weighted by molar-refractivity contribution is -0.141. The third-order valence-electron chi connectivity index (χ3n) is 4.82. The van der Waals surface area contributed by atoms with Crippen LogP contribution < -0.4 is 10.1 Å². The maximum absolute atomic E-state index is 13.1. The van der Waals surface area contributed by atoms with Crippen molar-refractivity contribution in [2.45, 2.75) is 52.1 Å². The van der Waals surface area contributed by atoms with E-state index < -0.39 is 6.04 Å². The van der Waals surface area contributed by atoms with Gasteiger partial charge in [0, 0.05) is 19.5 Å². The van der Waals surface area contributed by atoms with Crippen molar-refractivity contribution in [3.8, 4) is 5.75 Å². The molecule has 0 fully saturated rings. The maximum atomic E-state index is 13.1. The second-order valence-electron chi connectivity index (χ2n) is 7.25. The molecule has 31 heavy (non-hydrogen) atoms. The summed E-state index contributed by atoms with van der Waals surface area (Å²) < 4.78 is 5.69. The topological polar surface area (TPSA) is 58.6 Å². The Balaban J connectivity index is 2.07. The van der Waals surface area contributed by atoms with Crippen molar-refractivity contribution in [1.82, 2.24) is 10.2 Å². The molecule has 0 saturated heterocycles. The van der Waals surface area contributed by atoms with Gasteiger partial charge in [-0.1, -0.05) is 61.3 Å². The zero-order chi connectivity index (χ0) is 22.6. The van der Waals surface area contributed by atoms with Gasteiger partial charge in [0.1, 0.15) is 11.8 Å². The summed E-state index contributed by atoms with van der Waals surface area (Å²) >= 11 is 12.2. The van der Waals surface area contributed by atoms with Gasteiger partial charge >= 0.3 is 0 Å². The quantitative estimate of drug-likeness (QED) is 0.422. The lowest BCUT2D eigenvalue weighted by Gasteiger charge is -2.31. The third-order valence-corrected chi connectivity index (χ3v) is 5.56. The van der Waals surface area contributed by atoms with E-state index >= 15 is 0 Å². The molecular formula is C24H30Cl2N2O3. The van der Waals surface area contributed by atoms with Gasteiger partial charge in [0.25, 0.3) is 0 Å². The lowest BCUT2D eigenvalue weighted by atomic mass is 10.1. The van der Waals surface area contributed by atoms with Gasteiger partial charge in [0.2, 0.25) is 11.8 Å². The largest absolute Gasteiger partial charge is 0.494 e. The number of amides is 2. The van der Waals surface area contributed by atoms with Crippen molar-refractivity contribution in [3.63, 3.8) is 0 Å². The molecule has 0 aromatic heterocycles. The van der Waals surface area contributed by atoms with Crippen molar-refractivity contribution in [1.29, 1.82) is 0 Å². The Kier molecular flexibility index (Phi) is 10.7. The predicted molar refractivity (Wildman–Crippen MR) is 126 cm³/mol. The molecule has 0 aliphatic heterocycles. The molecule has 2 aromatic carbocycles. The minimum absolute atomic E-state index is 0.0961. The first kappa shape index (κ1) is 25.0. The second kappa shape index (κ2) is 13.2. The smallest absolute Gasteiger partial charge is 0.242 e. The summed E-state index contributed by atoms with van der Waals surface area (Å²) in [5.41, 5.74) is 0.824. The van der Waals surface area contributed by atoms with Crippen LogP contribution in [0.5, 0.6) is 5.75 Å². The number of hydrogen-bond acceptors (Lipinski definition) is 3. The molecule has 2 rings (SSSR count). The van der Waals surface area contributed by atoms with Gasteiger partial charge in [-0.05, 0) is 49.1 Å². The Morgan fingerprint density at radius 1 is 1.06 bits per heavy atom. The Morgan fingerprint density at radius 2 is 1.81 bits per heavy atom. The van der Waals surface area contributed by atoms with E-state index in [0.717, 1.165) is 17.7 Å². The fourth-order valence-electron chi connectivity index (χ4n) is 3.19. The molecule has 0 radical (unpaired) electrons. The Morgan fingerprint density at radius 3 is 2.45 bits per heavy atom. The summed E-state index contributed by atoms with van der Waals surface area (Å²) in [4.78, 5) is 27.5. The summed E-state index contributed by atoms with van der Waals surface area (Å²) in [6.07, 6.45) is 2.19. The molecule has 0 bridgehead atoms. The highest BCUT2D eigenvalue weighted by Crippen LogP contribution is 2.24. The van der Waals surface area contributed by atoms with Crippen LogP contribution in [0.2, 0.25) is 10.0 Å². The molecule has 1 N–H and O–H groups in total. The highest BCUT2D eigenvalue weighted by Gasteiger charge is 2.28. The second-order valence-corrected chi connectivity index (χ2v) is 8.06. The van der Waals surface area contributed by atoms with Crippen LogP contribution in [0.3, 0.4) is 0 Å². The van der Waals surface area contributed by atoms with E-state index in [-0.39, 0.29) is 24.8 Å². The molecule has 0 spiro atoms. The van der Waals surface area contributed by atoms with E-state index in [1.807, 2.05) is 50.2 Å². The van der Waals surface area contributed by atoms with Gasteiger partial charge in [-0.3, -0.25) is 9.59 Å². The first-order valence-electron chi connectivity index (χ1n) is 10.6. The number of para-hydroxylation sites is 1.